The van der Waals surface area contributed by atoms with Crippen molar-refractivity contribution in [2.24, 2.45) is 7.05 Å². The molecule has 0 bridgehead atoms. The van der Waals surface area contributed by atoms with Gasteiger partial charge >= 0.3 is 0 Å². The summed E-state index contributed by atoms with van der Waals surface area (Å²) in [4.78, 5) is 14.9. The van der Waals surface area contributed by atoms with Crippen molar-refractivity contribution in [3.63, 3.8) is 0 Å². The Labute approximate surface area is 223 Å². The van der Waals surface area contributed by atoms with Crippen molar-refractivity contribution in [1.82, 2.24) is 34.0 Å². The van der Waals surface area contributed by atoms with Crippen molar-refractivity contribution in [2.75, 3.05) is 26.2 Å². The van der Waals surface area contributed by atoms with Crippen LogP contribution in [0.15, 0.2) is 73.6 Å². The van der Waals surface area contributed by atoms with Gasteiger partial charge in [-0.05, 0) is 17.2 Å². The van der Waals surface area contributed by atoms with Crippen LogP contribution in [0.25, 0.3) is 28.2 Å². The van der Waals surface area contributed by atoms with Gasteiger partial charge in [0.05, 0.1) is 30.3 Å². The Kier molecular flexibility index (Phi) is 6.65. The summed E-state index contributed by atoms with van der Waals surface area (Å²) in [6, 6.07) is 13.6. The first-order valence-electron chi connectivity index (χ1n) is 12.7. The van der Waals surface area contributed by atoms with Gasteiger partial charge in [-0.15, -0.1) is 0 Å². The molecule has 0 spiro atoms. The van der Waals surface area contributed by atoms with Gasteiger partial charge in [-0.1, -0.05) is 24.3 Å². The highest BCUT2D eigenvalue weighted by molar-refractivity contribution is 5.62. The zero-order valence-corrected chi connectivity index (χ0v) is 21.4. The second kappa shape index (κ2) is 10.4. The molecule has 6 rings (SSSR count). The van der Waals surface area contributed by atoms with Gasteiger partial charge in [0.2, 0.25) is 5.88 Å². The second-order valence-electron chi connectivity index (χ2n) is 9.59. The van der Waals surface area contributed by atoms with Crippen LogP contribution in [0.5, 0.6) is 11.6 Å². The van der Waals surface area contributed by atoms with Gasteiger partial charge in [0.25, 0.3) is 5.92 Å². The fourth-order valence-electron chi connectivity index (χ4n) is 4.61. The Morgan fingerprint density at radius 3 is 2.62 bits per heavy atom. The van der Waals surface area contributed by atoms with Gasteiger partial charge in [0.15, 0.2) is 0 Å². The molecular weight excluding hydrogens is 504 g/mol. The van der Waals surface area contributed by atoms with E-state index in [1.807, 2.05) is 66.4 Å². The molecule has 1 fully saturated rings. The molecule has 11 heteroatoms. The molecule has 5 heterocycles. The fraction of sp³-hybridized carbons (Fsp3) is 0.286. The number of hydrogen-bond donors (Lipinski definition) is 0. The molecule has 1 aliphatic heterocycles. The minimum absolute atomic E-state index is 0.0917. The number of alkyl halides is 2. The van der Waals surface area contributed by atoms with Crippen LogP contribution in [0.4, 0.5) is 8.78 Å². The Morgan fingerprint density at radius 2 is 1.85 bits per heavy atom. The third-order valence-electron chi connectivity index (χ3n) is 6.69. The number of imidazole rings is 1. The van der Waals surface area contributed by atoms with Crippen LogP contribution in [0.3, 0.4) is 0 Å². The van der Waals surface area contributed by atoms with Crippen molar-refractivity contribution < 1.29 is 18.3 Å². The van der Waals surface area contributed by atoms with Crippen molar-refractivity contribution in [3.05, 3.63) is 79.1 Å². The predicted molar refractivity (Wildman–Crippen MR) is 141 cm³/mol. The summed E-state index contributed by atoms with van der Waals surface area (Å²) in [5.41, 5.74) is 5.31. The molecule has 0 atom stereocenters. The van der Waals surface area contributed by atoms with Crippen molar-refractivity contribution >= 4 is 5.65 Å². The van der Waals surface area contributed by atoms with Gasteiger partial charge in [-0.25, -0.2) is 23.7 Å². The van der Waals surface area contributed by atoms with E-state index in [1.54, 1.807) is 21.8 Å². The highest BCUT2D eigenvalue weighted by atomic mass is 19.3. The van der Waals surface area contributed by atoms with Crippen LogP contribution in [0, 0.1) is 0 Å². The lowest BCUT2D eigenvalue weighted by atomic mass is 10.1. The van der Waals surface area contributed by atoms with E-state index in [0.717, 1.165) is 22.4 Å². The fourth-order valence-corrected chi connectivity index (χ4v) is 4.61. The topological polar surface area (TPSA) is 82.6 Å². The Bertz CT molecular complexity index is 1580. The first-order valence-corrected chi connectivity index (χ1v) is 12.7. The van der Waals surface area contributed by atoms with E-state index in [1.165, 1.54) is 6.33 Å². The smallest absolute Gasteiger partial charge is 0.261 e. The number of aromatic nitrogens is 6. The molecule has 1 aromatic carbocycles. The SMILES string of the molecule is Cn1cc(-c2ccc(COc3cc(-c4cnc5cc(OCCN6CCC(F)(F)C6)ccn45)ncn3)cc2)cn1. The summed E-state index contributed by atoms with van der Waals surface area (Å²) in [6.45, 7) is 1.34. The van der Waals surface area contributed by atoms with Crippen LogP contribution in [-0.2, 0) is 13.7 Å². The normalized spacial score (nSPS) is 15.2. The molecular formula is C28H27F2N7O2. The van der Waals surface area contributed by atoms with Gasteiger partial charge in [0.1, 0.15) is 30.9 Å². The quantitative estimate of drug-likeness (QED) is 0.277. The van der Waals surface area contributed by atoms with E-state index >= 15 is 0 Å². The summed E-state index contributed by atoms with van der Waals surface area (Å²) in [5, 5.41) is 4.22. The van der Waals surface area contributed by atoms with Gasteiger partial charge < -0.3 is 9.47 Å². The number of rotatable bonds is 9. The molecule has 0 aliphatic carbocycles. The van der Waals surface area contributed by atoms with E-state index in [9.17, 15) is 8.78 Å². The third-order valence-corrected chi connectivity index (χ3v) is 6.69. The first kappa shape index (κ1) is 24.9. The maximum absolute atomic E-state index is 13.4. The summed E-state index contributed by atoms with van der Waals surface area (Å²) < 4.78 is 42.1. The monoisotopic (exact) mass is 531 g/mol. The molecule has 0 radical (unpaired) electrons. The number of halogens is 2. The third kappa shape index (κ3) is 5.73. The van der Waals surface area contributed by atoms with Gasteiger partial charge in [-0.3, -0.25) is 14.0 Å². The average Bonchev–Trinajstić information content (AvgIpc) is 3.66. The number of ether oxygens (including phenoxy) is 2. The average molecular weight is 532 g/mol. The summed E-state index contributed by atoms with van der Waals surface area (Å²) >= 11 is 0. The minimum atomic E-state index is -2.59. The number of benzene rings is 1. The number of likely N-dealkylation sites (tertiary alicyclic amines) is 1. The lowest BCUT2D eigenvalue weighted by molar-refractivity contribution is 0.0113. The Morgan fingerprint density at radius 1 is 0.974 bits per heavy atom. The molecule has 0 unspecified atom stereocenters. The van der Waals surface area contributed by atoms with Crippen LogP contribution in [0.2, 0.25) is 0 Å². The Balaban J connectivity index is 1.08. The van der Waals surface area contributed by atoms with Gasteiger partial charge in [0, 0.05) is 56.6 Å². The summed E-state index contributed by atoms with van der Waals surface area (Å²) in [6.07, 6.45) is 8.77. The van der Waals surface area contributed by atoms with Crippen LogP contribution < -0.4 is 9.47 Å². The number of hydrogen-bond acceptors (Lipinski definition) is 7. The molecule has 9 nitrogen and oxygen atoms in total. The molecule has 200 valence electrons. The largest absolute Gasteiger partial charge is 0.492 e. The molecule has 1 aliphatic rings. The highest BCUT2D eigenvalue weighted by Crippen LogP contribution is 2.27. The molecule has 0 N–H and O–H groups in total. The van der Waals surface area contributed by atoms with Crippen LogP contribution >= 0.6 is 0 Å². The zero-order valence-electron chi connectivity index (χ0n) is 21.4. The van der Waals surface area contributed by atoms with Gasteiger partial charge in [-0.2, -0.15) is 5.10 Å². The molecule has 4 aromatic heterocycles. The van der Waals surface area contributed by atoms with Crippen LogP contribution in [-0.4, -0.2) is 66.2 Å². The minimum Gasteiger partial charge on any atom is -0.492 e. The Hall–Kier alpha value is -4.38. The van der Waals surface area contributed by atoms with Crippen LogP contribution in [0.1, 0.15) is 12.0 Å². The number of pyridine rings is 1. The lowest BCUT2D eigenvalue weighted by Crippen LogP contribution is -2.29. The molecule has 5 aromatic rings. The predicted octanol–water partition coefficient (Wildman–Crippen LogP) is 4.49. The van der Waals surface area contributed by atoms with E-state index in [4.69, 9.17) is 9.47 Å². The number of fused-ring (bicyclic) bond motifs is 1. The zero-order chi connectivity index (χ0) is 26.8. The summed E-state index contributed by atoms with van der Waals surface area (Å²) in [7, 11) is 1.90. The molecule has 39 heavy (non-hydrogen) atoms. The van der Waals surface area contributed by atoms with Crippen molar-refractivity contribution in [2.45, 2.75) is 19.0 Å². The van der Waals surface area contributed by atoms with E-state index < -0.39 is 5.92 Å². The maximum atomic E-state index is 13.4. The van der Waals surface area contributed by atoms with E-state index in [-0.39, 0.29) is 13.0 Å². The summed E-state index contributed by atoms with van der Waals surface area (Å²) in [5.74, 6) is -1.51. The maximum Gasteiger partial charge on any atom is 0.261 e. The second-order valence-corrected chi connectivity index (χ2v) is 9.59. The van der Waals surface area contributed by atoms with E-state index in [0.29, 0.717) is 49.3 Å². The first-order chi connectivity index (χ1) is 18.9. The standard InChI is InChI=1S/C28H27F2N7O2/c1-35-16-22(14-34-35)21-4-2-20(3-5-21)17-39-27-13-24(32-19-33-27)25-15-31-26-12-23(6-8-37(25)26)38-11-10-36-9-7-28(29,30)18-36/h2-6,8,12-16,19H,7,9-11,17-18H2,1H3. The molecule has 1 saturated heterocycles. The molecule has 0 amide bonds. The number of aryl methyl sites for hydroxylation is 1. The van der Waals surface area contributed by atoms with Crippen molar-refractivity contribution in [1.29, 1.82) is 0 Å². The number of nitrogens with zero attached hydrogens (tertiary/aromatic N) is 7. The lowest BCUT2D eigenvalue weighted by Gasteiger charge is -2.15. The molecule has 0 saturated carbocycles. The highest BCUT2D eigenvalue weighted by Gasteiger charge is 2.37. The van der Waals surface area contributed by atoms with Crippen molar-refractivity contribution in [3.8, 4) is 34.1 Å². The van der Waals surface area contributed by atoms with E-state index in [2.05, 4.69) is 20.1 Å².